The number of rotatable bonds is 3. The van der Waals surface area contributed by atoms with Crippen molar-refractivity contribution in [1.82, 2.24) is 0 Å². The van der Waals surface area contributed by atoms with Crippen molar-refractivity contribution in [1.29, 1.82) is 0 Å². The van der Waals surface area contributed by atoms with Gasteiger partial charge in [-0.2, -0.15) is 0 Å². The molecule has 0 atom stereocenters. The van der Waals surface area contributed by atoms with Crippen LogP contribution in [0, 0.1) is 0 Å². The lowest BCUT2D eigenvalue weighted by molar-refractivity contribution is 0.126. The number of hydrogen-bond donors (Lipinski definition) is 3. The Kier molecular flexibility index (Phi) is 3.80. The van der Waals surface area contributed by atoms with Crippen molar-refractivity contribution in [2.45, 2.75) is 44.4 Å². The van der Waals surface area contributed by atoms with E-state index in [1.165, 1.54) is 0 Å². The minimum absolute atomic E-state index is 0.0855. The number of aliphatic hydroxyl groups excluding tert-OH is 1. The van der Waals surface area contributed by atoms with E-state index in [1.54, 1.807) is 0 Å². The summed E-state index contributed by atoms with van der Waals surface area (Å²) in [5.74, 6) is 0. The molecule has 4 N–H and O–H groups in total. The van der Waals surface area contributed by atoms with Gasteiger partial charge < -0.3 is 16.2 Å². The van der Waals surface area contributed by atoms with Crippen LogP contribution in [0.15, 0.2) is 24.3 Å². The molecule has 0 aliphatic heterocycles. The van der Waals surface area contributed by atoms with E-state index in [-0.39, 0.29) is 6.10 Å². The molecule has 0 saturated heterocycles. The fourth-order valence-corrected chi connectivity index (χ4v) is 2.19. The zero-order valence-electron chi connectivity index (χ0n) is 9.52. The molecule has 0 aromatic heterocycles. The topological polar surface area (TPSA) is 58.3 Å². The number of aliphatic hydroxyl groups is 1. The Morgan fingerprint density at radius 2 is 1.75 bits per heavy atom. The molecule has 0 bridgehead atoms. The largest absolute Gasteiger partial charge is 0.393 e. The van der Waals surface area contributed by atoms with Crippen LogP contribution in [0.25, 0.3) is 0 Å². The smallest absolute Gasteiger partial charge is 0.0541 e. The minimum Gasteiger partial charge on any atom is -0.393 e. The van der Waals surface area contributed by atoms with E-state index in [9.17, 15) is 5.11 Å². The fraction of sp³-hybridized carbons (Fsp3) is 0.538. The van der Waals surface area contributed by atoms with E-state index in [4.69, 9.17) is 5.73 Å². The van der Waals surface area contributed by atoms with Crippen molar-refractivity contribution in [2.75, 3.05) is 5.32 Å². The zero-order valence-corrected chi connectivity index (χ0v) is 9.52. The van der Waals surface area contributed by atoms with Crippen LogP contribution < -0.4 is 11.1 Å². The van der Waals surface area contributed by atoms with Crippen molar-refractivity contribution in [3.05, 3.63) is 29.8 Å². The molecule has 0 heterocycles. The third-order valence-electron chi connectivity index (χ3n) is 3.26. The lowest BCUT2D eigenvalue weighted by atomic mass is 9.93. The molecule has 0 spiro atoms. The molecule has 1 saturated carbocycles. The first-order valence-electron chi connectivity index (χ1n) is 6.01. The van der Waals surface area contributed by atoms with Gasteiger partial charge in [0, 0.05) is 18.3 Å². The van der Waals surface area contributed by atoms with Gasteiger partial charge >= 0.3 is 0 Å². The average Bonchev–Trinajstić information content (AvgIpc) is 2.33. The number of hydrogen-bond acceptors (Lipinski definition) is 3. The number of benzene rings is 1. The highest BCUT2D eigenvalue weighted by Gasteiger charge is 2.18. The molecule has 0 amide bonds. The maximum Gasteiger partial charge on any atom is 0.0541 e. The molecule has 1 aliphatic rings. The van der Waals surface area contributed by atoms with E-state index in [0.717, 1.165) is 36.9 Å². The highest BCUT2D eigenvalue weighted by molar-refractivity contribution is 5.45. The van der Waals surface area contributed by atoms with E-state index in [1.807, 2.05) is 0 Å². The summed E-state index contributed by atoms with van der Waals surface area (Å²) >= 11 is 0. The third-order valence-corrected chi connectivity index (χ3v) is 3.26. The Balaban J connectivity index is 1.88. The minimum atomic E-state index is -0.0855. The van der Waals surface area contributed by atoms with E-state index in [2.05, 4.69) is 29.6 Å². The monoisotopic (exact) mass is 220 g/mol. The van der Waals surface area contributed by atoms with Gasteiger partial charge in [0.05, 0.1) is 6.10 Å². The van der Waals surface area contributed by atoms with Gasteiger partial charge in [-0.05, 0) is 43.4 Å². The van der Waals surface area contributed by atoms with Crippen LogP contribution in [-0.2, 0) is 6.54 Å². The Hall–Kier alpha value is -1.06. The van der Waals surface area contributed by atoms with Crippen LogP contribution in [0.1, 0.15) is 31.2 Å². The van der Waals surface area contributed by atoms with Crippen molar-refractivity contribution >= 4 is 5.69 Å². The summed E-state index contributed by atoms with van der Waals surface area (Å²) < 4.78 is 0. The molecule has 0 radical (unpaired) electrons. The average molecular weight is 220 g/mol. The Labute approximate surface area is 96.7 Å². The van der Waals surface area contributed by atoms with Crippen LogP contribution in [0.2, 0.25) is 0 Å². The van der Waals surface area contributed by atoms with E-state index < -0.39 is 0 Å². The SMILES string of the molecule is NCc1ccc(NC2CCC(O)CC2)cc1. The molecular formula is C13H20N2O. The summed E-state index contributed by atoms with van der Waals surface area (Å²) in [5, 5.41) is 12.9. The number of nitrogens with two attached hydrogens (primary N) is 1. The first-order valence-corrected chi connectivity index (χ1v) is 6.01. The van der Waals surface area contributed by atoms with Gasteiger partial charge in [-0.1, -0.05) is 12.1 Å². The standard InChI is InChI=1S/C13H20N2O/c14-9-10-1-3-11(4-2-10)15-12-5-7-13(16)8-6-12/h1-4,12-13,15-16H,5-9,14H2. The molecule has 1 aliphatic carbocycles. The van der Waals surface area contributed by atoms with Crippen LogP contribution in [0.3, 0.4) is 0 Å². The van der Waals surface area contributed by atoms with Crippen molar-refractivity contribution in [3.63, 3.8) is 0 Å². The number of anilines is 1. The molecule has 0 unspecified atom stereocenters. The van der Waals surface area contributed by atoms with E-state index in [0.29, 0.717) is 12.6 Å². The van der Waals surface area contributed by atoms with E-state index >= 15 is 0 Å². The van der Waals surface area contributed by atoms with Gasteiger partial charge in [0.15, 0.2) is 0 Å². The van der Waals surface area contributed by atoms with Gasteiger partial charge in [-0.15, -0.1) is 0 Å². The summed E-state index contributed by atoms with van der Waals surface area (Å²) in [6.07, 6.45) is 3.86. The summed E-state index contributed by atoms with van der Waals surface area (Å²) in [7, 11) is 0. The third kappa shape index (κ3) is 2.97. The molecule has 2 rings (SSSR count). The second kappa shape index (κ2) is 5.32. The van der Waals surface area contributed by atoms with Crippen LogP contribution >= 0.6 is 0 Å². The Bertz CT molecular complexity index is 315. The maximum absolute atomic E-state index is 9.42. The zero-order chi connectivity index (χ0) is 11.4. The predicted molar refractivity (Wildman–Crippen MR) is 66.2 cm³/mol. The second-order valence-corrected chi connectivity index (χ2v) is 4.55. The first kappa shape index (κ1) is 11.4. The van der Waals surface area contributed by atoms with Gasteiger partial charge in [0.1, 0.15) is 0 Å². The molecule has 16 heavy (non-hydrogen) atoms. The molecule has 1 aromatic carbocycles. The maximum atomic E-state index is 9.42. The highest BCUT2D eigenvalue weighted by atomic mass is 16.3. The highest BCUT2D eigenvalue weighted by Crippen LogP contribution is 2.22. The molecule has 88 valence electrons. The summed E-state index contributed by atoms with van der Waals surface area (Å²) in [6.45, 7) is 0.593. The second-order valence-electron chi connectivity index (χ2n) is 4.55. The van der Waals surface area contributed by atoms with Crippen LogP contribution in [0.5, 0.6) is 0 Å². The lowest BCUT2D eigenvalue weighted by Gasteiger charge is -2.27. The van der Waals surface area contributed by atoms with Gasteiger partial charge in [0.2, 0.25) is 0 Å². The predicted octanol–water partition coefficient (Wildman–Crippen LogP) is 1.86. The van der Waals surface area contributed by atoms with Gasteiger partial charge in [0.25, 0.3) is 0 Å². The van der Waals surface area contributed by atoms with Gasteiger partial charge in [-0.25, -0.2) is 0 Å². The summed E-state index contributed by atoms with van der Waals surface area (Å²) in [5.41, 5.74) is 7.86. The molecular weight excluding hydrogens is 200 g/mol. The normalized spacial score (nSPS) is 25.4. The fourth-order valence-electron chi connectivity index (χ4n) is 2.19. The van der Waals surface area contributed by atoms with Crippen molar-refractivity contribution < 1.29 is 5.11 Å². The quantitative estimate of drug-likeness (QED) is 0.728. The molecule has 3 nitrogen and oxygen atoms in total. The lowest BCUT2D eigenvalue weighted by Crippen LogP contribution is -2.28. The first-order chi connectivity index (χ1) is 7.78. The van der Waals surface area contributed by atoms with Crippen molar-refractivity contribution in [3.8, 4) is 0 Å². The summed E-state index contributed by atoms with van der Waals surface area (Å²) in [6, 6.07) is 8.77. The number of nitrogens with one attached hydrogen (secondary N) is 1. The summed E-state index contributed by atoms with van der Waals surface area (Å²) in [4.78, 5) is 0. The molecule has 1 aromatic rings. The Morgan fingerprint density at radius 1 is 1.12 bits per heavy atom. The van der Waals surface area contributed by atoms with Crippen molar-refractivity contribution in [2.24, 2.45) is 5.73 Å². The van der Waals surface area contributed by atoms with Crippen LogP contribution in [-0.4, -0.2) is 17.3 Å². The van der Waals surface area contributed by atoms with Gasteiger partial charge in [-0.3, -0.25) is 0 Å². The van der Waals surface area contributed by atoms with Crippen LogP contribution in [0.4, 0.5) is 5.69 Å². The molecule has 1 fully saturated rings. The Morgan fingerprint density at radius 3 is 2.31 bits per heavy atom. The molecule has 3 heteroatoms.